The summed E-state index contributed by atoms with van der Waals surface area (Å²) >= 11 is 0. The molecule has 0 unspecified atom stereocenters. The van der Waals surface area contributed by atoms with Gasteiger partial charge in [0.2, 0.25) is 0 Å². The minimum Gasteiger partial charge on any atom is -0.395 e. The monoisotopic (exact) mass is 224 g/mol. The smallest absolute Gasteiger partial charge is 0.100 e. The van der Waals surface area contributed by atoms with Crippen molar-refractivity contribution < 1.29 is 20.4 Å². The molecule has 0 radical (unpaired) electrons. The van der Waals surface area contributed by atoms with E-state index in [4.69, 9.17) is 31.9 Å². The van der Waals surface area contributed by atoms with E-state index in [1.807, 2.05) is 0 Å². The Kier molecular flexibility index (Phi) is 15.7. The molecular weight excluding hydrogens is 200 g/mol. The first-order valence-electron chi connectivity index (χ1n) is 5.08. The summed E-state index contributed by atoms with van der Waals surface area (Å²) in [5.41, 5.74) is 10.7. The van der Waals surface area contributed by atoms with Gasteiger partial charge in [0.25, 0.3) is 0 Å². The zero-order chi connectivity index (χ0) is 12.1. The highest BCUT2D eigenvalue weighted by molar-refractivity contribution is 4.57. The SMILES string of the molecule is NCCCC[C@H](N)CO.OCC(O)CO. The Morgan fingerprint density at radius 1 is 0.933 bits per heavy atom. The summed E-state index contributed by atoms with van der Waals surface area (Å²) in [5, 5.41) is 32.5. The molecule has 0 spiro atoms. The molecule has 0 saturated carbocycles. The third kappa shape index (κ3) is 16.4. The van der Waals surface area contributed by atoms with E-state index >= 15 is 0 Å². The number of nitrogens with two attached hydrogens (primary N) is 2. The minimum absolute atomic E-state index is 0.0449. The van der Waals surface area contributed by atoms with E-state index in [9.17, 15) is 0 Å². The van der Waals surface area contributed by atoms with Crippen LogP contribution in [0, 0.1) is 0 Å². The molecule has 0 rings (SSSR count). The Morgan fingerprint density at radius 3 is 1.73 bits per heavy atom. The van der Waals surface area contributed by atoms with Gasteiger partial charge in [-0.15, -0.1) is 0 Å². The highest BCUT2D eigenvalue weighted by atomic mass is 16.3. The molecule has 8 N–H and O–H groups in total. The molecule has 94 valence electrons. The minimum atomic E-state index is -0.954. The molecule has 15 heavy (non-hydrogen) atoms. The molecule has 0 aliphatic heterocycles. The van der Waals surface area contributed by atoms with Gasteiger partial charge in [0.1, 0.15) is 6.10 Å². The third-order valence-electron chi connectivity index (χ3n) is 1.69. The van der Waals surface area contributed by atoms with Gasteiger partial charge >= 0.3 is 0 Å². The van der Waals surface area contributed by atoms with Crippen LogP contribution in [-0.2, 0) is 0 Å². The molecule has 0 aromatic carbocycles. The van der Waals surface area contributed by atoms with Crippen LogP contribution in [0.15, 0.2) is 0 Å². The van der Waals surface area contributed by atoms with Crippen LogP contribution in [0.2, 0.25) is 0 Å². The first kappa shape index (κ1) is 17.2. The third-order valence-corrected chi connectivity index (χ3v) is 1.69. The van der Waals surface area contributed by atoms with E-state index in [0.29, 0.717) is 0 Å². The highest BCUT2D eigenvalue weighted by Crippen LogP contribution is 1.95. The van der Waals surface area contributed by atoms with Crippen LogP contribution in [0.1, 0.15) is 19.3 Å². The molecule has 1 atom stereocenters. The zero-order valence-electron chi connectivity index (χ0n) is 9.05. The van der Waals surface area contributed by atoms with Gasteiger partial charge in [-0.3, -0.25) is 0 Å². The lowest BCUT2D eigenvalue weighted by atomic mass is 10.1. The maximum absolute atomic E-state index is 8.48. The van der Waals surface area contributed by atoms with Crippen LogP contribution in [0.3, 0.4) is 0 Å². The van der Waals surface area contributed by atoms with Crippen molar-refractivity contribution in [2.75, 3.05) is 26.4 Å². The lowest BCUT2D eigenvalue weighted by Crippen LogP contribution is -2.24. The first-order chi connectivity index (χ1) is 7.12. The standard InChI is InChI=1S/C6H16N2O.C3H8O3/c7-4-2-1-3-6(8)5-9;4-1-3(6)2-5/h6,9H,1-5,7-8H2;3-6H,1-2H2/t6-;/m0./s1. The molecule has 0 aromatic heterocycles. The summed E-state index contributed by atoms with van der Waals surface area (Å²) in [6.07, 6.45) is 1.96. The molecule has 0 saturated heterocycles. The van der Waals surface area contributed by atoms with E-state index in [0.717, 1.165) is 25.8 Å². The molecule has 0 aromatic rings. The van der Waals surface area contributed by atoms with Gasteiger partial charge in [-0.25, -0.2) is 0 Å². The zero-order valence-corrected chi connectivity index (χ0v) is 9.05. The van der Waals surface area contributed by atoms with E-state index in [-0.39, 0.29) is 25.9 Å². The van der Waals surface area contributed by atoms with Crippen molar-refractivity contribution in [2.45, 2.75) is 31.4 Å². The van der Waals surface area contributed by atoms with E-state index in [1.54, 1.807) is 0 Å². The fourth-order valence-corrected chi connectivity index (χ4v) is 0.700. The average molecular weight is 224 g/mol. The maximum atomic E-state index is 8.48. The highest BCUT2D eigenvalue weighted by Gasteiger charge is 1.97. The van der Waals surface area contributed by atoms with Crippen LogP contribution in [0.25, 0.3) is 0 Å². The van der Waals surface area contributed by atoms with Crippen LogP contribution in [0.5, 0.6) is 0 Å². The van der Waals surface area contributed by atoms with Crippen molar-refractivity contribution in [2.24, 2.45) is 11.5 Å². The predicted octanol–water partition coefficient (Wildman–Crippen LogP) is -2.23. The molecule has 0 fully saturated rings. The van der Waals surface area contributed by atoms with Gasteiger partial charge in [0.15, 0.2) is 0 Å². The molecule has 0 aliphatic rings. The molecule has 0 aliphatic carbocycles. The van der Waals surface area contributed by atoms with Crippen LogP contribution in [0.4, 0.5) is 0 Å². The van der Waals surface area contributed by atoms with Gasteiger partial charge in [-0.05, 0) is 19.4 Å². The molecule has 0 heterocycles. The number of aliphatic hydroxyl groups excluding tert-OH is 4. The second-order valence-corrected chi connectivity index (χ2v) is 3.25. The molecular formula is C9H24N2O4. The van der Waals surface area contributed by atoms with E-state index < -0.39 is 6.10 Å². The second-order valence-electron chi connectivity index (χ2n) is 3.25. The molecule has 6 nitrogen and oxygen atoms in total. The summed E-state index contributed by atoms with van der Waals surface area (Å²) in [5.74, 6) is 0. The van der Waals surface area contributed by atoms with Crippen molar-refractivity contribution in [3.05, 3.63) is 0 Å². The number of hydrogen-bond acceptors (Lipinski definition) is 6. The largest absolute Gasteiger partial charge is 0.395 e. The van der Waals surface area contributed by atoms with Gasteiger partial charge < -0.3 is 31.9 Å². The Hall–Kier alpha value is -0.240. The Bertz CT molecular complexity index is 112. The first-order valence-corrected chi connectivity index (χ1v) is 5.08. The number of hydrogen-bond donors (Lipinski definition) is 6. The second kappa shape index (κ2) is 13.8. The normalized spacial score (nSPS) is 12.2. The van der Waals surface area contributed by atoms with E-state index in [1.165, 1.54) is 0 Å². The van der Waals surface area contributed by atoms with Crippen LogP contribution in [-0.4, -0.2) is 58.9 Å². The van der Waals surface area contributed by atoms with Crippen LogP contribution >= 0.6 is 0 Å². The van der Waals surface area contributed by atoms with Crippen molar-refractivity contribution in [1.82, 2.24) is 0 Å². The lowest BCUT2D eigenvalue weighted by molar-refractivity contribution is 0.0450. The fraction of sp³-hybridized carbons (Fsp3) is 1.00. The summed E-state index contributed by atoms with van der Waals surface area (Å²) in [6.45, 7) is 0.0791. The summed E-state index contributed by atoms with van der Waals surface area (Å²) in [4.78, 5) is 0. The maximum Gasteiger partial charge on any atom is 0.100 e. The van der Waals surface area contributed by atoms with Gasteiger partial charge in [-0.1, -0.05) is 6.42 Å². The van der Waals surface area contributed by atoms with Crippen molar-refractivity contribution in [3.63, 3.8) is 0 Å². The Morgan fingerprint density at radius 2 is 1.47 bits per heavy atom. The van der Waals surface area contributed by atoms with Gasteiger partial charge in [0, 0.05) is 6.04 Å². The molecule has 6 heteroatoms. The lowest BCUT2D eigenvalue weighted by Gasteiger charge is -2.05. The summed E-state index contributed by atoms with van der Waals surface area (Å²) < 4.78 is 0. The van der Waals surface area contributed by atoms with Crippen molar-refractivity contribution in [3.8, 4) is 0 Å². The Balaban J connectivity index is 0. The number of unbranched alkanes of at least 4 members (excludes halogenated alkanes) is 1. The number of rotatable bonds is 7. The van der Waals surface area contributed by atoms with Crippen LogP contribution < -0.4 is 11.5 Å². The summed E-state index contributed by atoms with van der Waals surface area (Å²) in [7, 11) is 0. The topological polar surface area (TPSA) is 133 Å². The molecule has 0 amide bonds. The predicted molar refractivity (Wildman–Crippen MR) is 58.1 cm³/mol. The van der Waals surface area contributed by atoms with E-state index in [2.05, 4.69) is 0 Å². The van der Waals surface area contributed by atoms with Gasteiger partial charge in [0.05, 0.1) is 19.8 Å². The quantitative estimate of drug-likeness (QED) is 0.271. The Labute approximate surface area is 90.5 Å². The number of aliphatic hydroxyl groups is 4. The van der Waals surface area contributed by atoms with Crippen molar-refractivity contribution >= 4 is 0 Å². The molecule has 0 bridgehead atoms. The average Bonchev–Trinajstić information content (AvgIpc) is 2.28. The van der Waals surface area contributed by atoms with Crippen molar-refractivity contribution in [1.29, 1.82) is 0 Å². The fourth-order valence-electron chi connectivity index (χ4n) is 0.700. The summed E-state index contributed by atoms with van der Waals surface area (Å²) in [6, 6.07) is -0.0449. The van der Waals surface area contributed by atoms with Gasteiger partial charge in [-0.2, -0.15) is 0 Å².